The van der Waals surface area contributed by atoms with Gasteiger partial charge in [-0.1, -0.05) is 60.8 Å². The Hall–Kier alpha value is -2.70. The molecule has 1 aromatic heterocycles. The summed E-state index contributed by atoms with van der Waals surface area (Å²) in [6.07, 6.45) is 3.95. The molecule has 7 heteroatoms. The zero-order valence-corrected chi connectivity index (χ0v) is 19.0. The van der Waals surface area contributed by atoms with Crippen molar-refractivity contribution in [2.45, 2.75) is 44.2 Å². The molecule has 1 N–H and O–H groups in total. The van der Waals surface area contributed by atoms with Crippen molar-refractivity contribution in [1.82, 2.24) is 5.32 Å². The van der Waals surface area contributed by atoms with Crippen LogP contribution in [0.1, 0.15) is 42.2 Å². The smallest absolute Gasteiger partial charge is 0.248 e. The van der Waals surface area contributed by atoms with E-state index >= 15 is 0 Å². The molecule has 0 bridgehead atoms. The van der Waals surface area contributed by atoms with E-state index in [0.29, 0.717) is 10.6 Å². The van der Waals surface area contributed by atoms with Gasteiger partial charge in [-0.15, -0.1) is 11.3 Å². The van der Waals surface area contributed by atoms with Crippen LogP contribution in [-0.2, 0) is 16.0 Å². The van der Waals surface area contributed by atoms with E-state index in [9.17, 15) is 14.0 Å². The van der Waals surface area contributed by atoms with Crippen LogP contribution >= 0.6 is 22.9 Å². The summed E-state index contributed by atoms with van der Waals surface area (Å²) in [5.74, 6) is -1.30. The minimum absolute atomic E-state index is 0.0438. The normalized spacial score (nSPS) is 14.8. The Bertz CT molecular complexity index is 1080. The lowest BCUT2D eigenvalue weighted by molar-refractivity contribution is -0.127. The van der Waals surface area contributed by atoms with Crippen LogP contribution in [0.2, 0.25) is 5.02 Å². The van der Waals surface area contributed by atoms with Gasteiger partial charge in [0.15, 0.2) is 0 Å². The Kier molecular flexibility index (Phi) is 7.22. The fourth-order valence-corrected chi connectivity index (χ4v) is 5.09. The number of nitrogens with zero attached hydrogens (tertiary/aromatic N) is 1. The lowest BCUT2D eigenvalue weighted by Gasteiger charge is -2.33. The second-order valence-electron chi connectivity index (χ2n) is 7.89. The molecule has 1 aliphatic carbocycles. The molecule has 4 rings (SSSR count). The molecule has 4 nitrogen and oxygen atoms in total. The fourth-order valence-electron chi connectivity index (χ4n) is 4.16. The predicted octanol–water partition coefficient (Wildman–Crippen LogP) is 5.92. The van der Waals surface area contributed by atoms with Gasteiger partial charge in [0.1, 0.15) is 11.9 Å². The van der Waals surface area contributed by atoms with Gasteiger partial charge in [0, 0.05) is 21.5 Å². The van der Waals surface area contributed by atoms with Crippen molar-refractivity contribution in [2.75, 3.05) is 4.90 Å². The van der Waals surface area contributed by atoms with E-state index in [1.54, 1.807) is 36.4 Å². The number of halogens is 2. The van der Waals surface area contributed by atoms with Crippen LogP contribution in [0.25, 0.3) is 0 Å². The number of benzene rings is 2. The van der Waals surface area contributed by atoms with E-state index in [1.165, 1.54) is 28.4 Å². The molecular weight excluding hydrogens is 447 g/mol. The van der Waals surface area contributed by atoms with Gasteiger partial charge in [0.2, 0.25) is 11.8 Å². The number of para-hydroxylation sites is 1. The van der Waals surface area contributed by atoms with Gasteiger partial charge in [-0.25, -0.2) is 4.39 Å². The predicted molar refractivity (Wildman–Crippen MR) is 127 cm³/mol. The summed E-state index contributed by atoms with van der Waals surface area (Å²) in [6, 6.07) is 15.6. The highest BCUT2D eigenvalue weighted by Crippen LogP contribution is 2.34. The van der Waals surface area contributed by atoms with Crippen molar-refractivity contribution in [3.63, 3.8) is 0 Å². The summed E-state index contributed by atoms with van der Waals surface area (Å²) in [4.78, 5) is 29.3. The third-order valence-electron chi connectivity index (χ3n) is 5.69. The van der Waals surface area contributed by atoms with Crippen LogP contribution in [0.3, 0.4) is 0 Å². The van der Waals surface area contributed by atoms with E-state index in [1.807, 2.05) is 17.5 Å². The van der Waals surface area contributed by atoms with Crippen LogP contribution in [0, 0.1) is 5.82 Å². The lowest BCUT2D eigenvalue weighted by Crippen LogP contribution is -2.47. The Morgan fingerprint density at radius 1 is 1.06 bits per heavy atom. The molecule has 0 aliphatic heterocycles. The second-order valence-corrected chi connectivity index (χ2v) is 9.32. The van der Waals surface area contributed by atoms with Gasteiger partial charge in [-0.3, -0.25) is 14.5 Å². The van der Waals surface area contributed by atoms with Crippen molar-refractivity contribution in [1.29, 1.82) is 0 Å². The maximum absolute atomic E-state index is 15.0. The van der Waals surface area contributed by atoms with Gasteiger partial charge < -0.3 is 5.32 Å². The quantitative estimate of drug-likeness (QED) is 0.466. The Labute approximate surface area is 196 Å². The maximum atomic E-state index is 15.0. The first-order chi connectivity index (χ1) is 15.5. The Morgan fingerprint density at radius 2 is 1.78 bits per heavy atom. The van der Waals surface area contributed by atoms with Crippen molar-refractivity contribution in [3.05, 3.63) is 87.3 Å². The summed E-state index contributed by atoms with van der Waals surface area (Å²) in [6.45, 7) is 0. The van der Waals surface area contributed by atoms with Gasteiger partial charge in [-0.05, 0) is 42.5 Å². The topological polar surface area (TPSA) is 49.4 Å². The zero-order chi connectivity index (χ0) is 22.5. The number of rotatable bonds is 7. The molecule has 3 aromatic rings. The Balaban J connectivity index is 1.79. The van der Waals surface area contributed by atoms with Crippen LogP contribution in [-0.4, -0.2) is 17.9 Å². The number of amides is 2. The van der Waals surface area contributed by atoms with Crippen LogP contribution < -0.4 is 10.2 Å². The molecule has 0 radical (unpaired) electrons. The monoisotopic (exact) mass is 470 g/mol. The van der Waals surface area contributed by atoms with Crippen LogP contribution in [0.4, 0.5) is 10.1 Å². The van der Waals surface area contributed by atoms with Gasteiger partial charge in [0.05, 0.1) is 12.1 Å². The van der Waals surface area contributed by atoms with E-state index < -0.39 is 11.9 Å². The van der Waals surface area contributed by atoms with E-state index in [2.05, 4.69) is 5.32 Å². The SMILES string of the molecule is O=C(NC1CCCC1)[C@@H](c1ccccc1Cl)N(C(=O)Cc1cccs1)c1ccccc1F. The molecule has 1 atom stereocenters. The first-order valence-corrected chi connectivity index (χ1v) is 11.9. The number of nitrogens with one attached hydrogen (secondary N) is 1. The van der Waals surface area contributed by atoms with Gasteiger partial charge in [-0.2, -0.15) is 0 Å². The summed E-state index contributed by atoms with van der Waals surface area (Å²) < 4.78 is 15.0. The summed E-state index contributed by atoms with van der Waals surface area (Å²) >= 11 is 7.93. The van der Waals surface area contributed by atoms with Crippen molar-refractivity contribution in [2.24, 2.45) is 0 Å². The molecule has 1 aliphatic rings. The maximum Gasteiger partial charge on any atom is 0.248 e. The molecule has 0 spiro atoms. The zero-order valence-electron chi connectivity index (χ0n) is 17.5. The number of anilines is 1. The third-order valence-corrected chi connectivity index (χ3v) is 6.91. The minimum Gasteiger partial charge on any atom is -0.351 e. The molecule has 2 amide bonds. The number of hydrogen-bond acceptors (Lipinski definition) is 3. The summed E-state index contributed by atoms with van der Waals surface area (Å²) in [5.41, 5.74) is 0.521. The first-order valence-electron chi connectivity index (χ1n) is 10.7. The number of carbonyl (C=O) groups is 2. The minimum atomic E-state index is -1.09. The molecular formula is C25H24ClFN2O2S. The molecule has 1 fully saturated rings. The molecule has 1 saturated carbocycles. The molecule has 0 unspecified atom stereocenters. The molecule has 32 heavy (non-hydrogen) atoms. The number of hydrogen-bond donors (Lipinski definition) is 1. The second kappa shape index (κ2) is 10.3. The van der Waals surface area contributed by atoms with Crippen molar-refractivity contribution >= 4 is 40.4 Å². The van der Waals surface area contributed by atoms with Crippen molar-refractivity contribution in [3.8, 4) is 0 Å². The summed E-state index contributed by atoms with van der Waals surface area (Å²) in [5, 5.41) is 5.31. The molecule has 0 saturated heterocycles. The van der Waals surface area contributed by atoms with Gasteiger partial charge >= 0.3 is 0 Å². The lowest BCUT2D eigenvalue weighted by atomic mass is 10.0. The first kappa shape index (κ1) is 22.5. The third kappa shape index (κ3) is 5.03. The number of thiophene rings is 1. The fraction of sp³-hybridized carbons (Fsp3) is 0.280. The van der Waals surface area contributed by atoms with Gasteiger partial charge in [0.25, 0.3) is 0 Å². The highest BCUT2D eigenvalue weighted by atomic mass is 35.5. The van der Waals surface area contributed by atoms with E-state index in [4.69, 9.17) is 11.6 Å². The molecule has 166 valence electrons. The Morgan fingerprint density at radius 3 is 2.47 bits per heavy atom. The van der Waals surface area contributed by atoms with E-state index in [0.717, 1.165) is 30.6 Å². The van der Waals surface area contributed by atoms with Crippen LogP contribution in [0.15, 0.2) is 66.0 Å². The highest BCUT2D eigenvalue weighted by molar-refractivity contribution is 7.10. The van der Waals surface area contributed by atoms with Crippen molar-refractivity contribution < 1.29 is 14.0 Å². The summed E-state index contributed by atoms with van der Waals surface area (Å²) in [7, 11) is 0. The number of carbonyl (C=O) groups excluding carboxylic acids is 2. The van der Waals surface area contributed by atoms with E-state index in [-0.39, 0.29) is 30.0 Å². The standard InChI is InChI=1S/C25H24ClFN2O2S/c26-20-12-4-3-11-19(20)24(25(31)28-17-8-1-2-9-17)29(22-14-6-5-13-21(22)27)23(30)16-18-10-7-15-32-18/h3-7,10-15,17,24H,1-2,8-9,16H2,(H,28,31)/t24-/m1/s1. The average molecular weight is 471 g/mol. The molecule has 2 aromatic carbocycles. The van der Waals surface area contributed by atoms with Crippen LogP contribution in [0.5, 0.6) is 0 Å². The highest BCUT2D eigenvalue weighted by Gasteiger charge is 2.36. The average Bonchev–Trinajstić information content (AvgIpc) is 3.48. The largest absolute Gasteiger partial charge is 0.351 e. The molecule has 1 heterocycles.